The third-order valence-electron chi connectivity index (χ3n) is 3.17. The van der Waals surface area contributed by atoms with E-state index in [0.29, 0.717) is 5.69 Å². The van der Waals surface area contributed by atoms with Crippen molar-refractivity contribution in [1.82, 2.24) is 4.98 Å². The van der Waals surface area contributed by atoms with Gasteiger partial charge in [0.05, 0.1) is 16.1 Å². The molecule has 0 atom stereocenters. The molecular formula is C16H10N3O3-. The highest BCUT2D eigenvalue weighted by Gasteiger charge is 2.05. The molecule has 6 heteroatoms. The Morgan fingerprint density at radius 2 is 2.00 bits per heavy atom. The predicted molar refractivity (Wildman–Crippen MR) is 81.5 cm³/mol. The second-order valence-electron chi connectivity index (χ2n) is 4.58. The fourth-order valence-corrected chi connectivity index (χ4v) is 2.09. The zero-order valence-corrected chi connectivity index (χ0v) is 11.3. The molecule has 0 unspecified atom stereocenters. The minimum atomic E-state index is -0.543. The van der Waals surface area contributed by atoms with Crippen molar-refractivity contribution in [3.8, 4) is 5.75 Å². The number of rotatable bonds is 3. The highest BCUT2D eigenvalue weighted by molar-refractivity contribution is 5.94. The fraction of sp³-hybridized carbons (Fsp3) is 0. The van der Waals surface area contributed by atoms with Crippen molar-refractivity contribution < 1.29 is 10.0 Å². The first-order valence-electron chi connectivity index (χ1n) is 6.48. The van der Waals surface area contributed by atoms with Crippen LogP contribution in [-0.4, -0.2) is 16.1 Å². The average molecular weight is 292 g/mol. The quantitative estimate of drug-likeness (QED) is 0.421. The van der Waals surface area contributed by atoms with E-state index < -0.39 is 4.92 Å². The van der Waals surface area contributed by atoms with Gasteiger partial charge in [0, 0.05) is 29.9 Å². The van der Waals surface area contributed by atoms with E-state index in [4.69, 9.17) is 0 Å². The number of nitro benzene ring substituents is 1. The van der Waals surface area contributed by atoms with Crippen molar-refractivity contribution >= 4 is 28.5 Å². The maximum absolute atomic E-state index is 11.8. The first-order valence-corrected chi connectivity index (χ1v) is 6.48. The van der Waals surface area contributed by atoms with E-state index >= 15 is 0 Å². The van der Waals surface area contributed by atoms with Gasteiger partial charge < -0.3 is 5.11 Å². The van der Waals surface area contributed by atoms with Crippen LogP contribution in [0, 0.1) is 10.1 Å². The van der Waals surface area contributed by atoms with Crippen LogP contribution >= 0.6 is 0 Å². The van der Waals surface area contributed by atoms with Gasteiger partial charge in [-0.05, 0) is 29.8 Å². The lowest BCUT2D eigenvalue weighted by molar-refractivity contribution is -0.385. The number of aliphatic imine (C=N–C) groups is 1. The molecule has 3 rings (SSSR count). The number of hydrogen-bond donors (Lipinski definition) is 0. The van der Waals surface area contributed by atoms with Crippen LogP contribution in [0.15, 0.2) is 59.7 Å². The van der Waals surface area contributed by atoms with Crippen molar-refractivity contribution in [2.24, 2.45) is 4.99 Å². The summed E-state index contributed by atoms with van der Waals surface area (Å²) in [5.41, 5.74) is 1.48. The van der Waals surface area contributed by atoms with E-state index in [0.717, 1.165) is 10.9 Å². The minimum absolute atomic E-state index is 0.138. The molecule has 0 saturated carbocycles. The smallest absolute Gasteiger partial charge is 0.270 e. The molecule has 2 aromatic carbocycles. The molecule has 0 spiro atoms. The molecule has 0 aliphatic rings. The van der Waals surface area contributed by atoms with Crippen LogP contribution < -0.4 is 5.11 Å². The molecule has 108 valence electrons. The van der Waals surface area contributed by atoms with Crippen LogP contribution in [0.5, 0.6) is 5.75 Å². The maximum Gasteiger partial charge on any atom is 0.270 e. The lowest BCUT2D eigenvalue weighted by Gasteiger charge is -2.08. The summed E-state index contributed by atoms with van der Waals surface area (Å²) >= 11 is 0. The summed E-state index contributed by atoms with van der Waals surface area (Å²) < 4.78 is 0. The Morgan fingerprint density at radius 3 is 2.82 bits per heavy atom. The fourth-order valence-electron chi connectivity index (χ4n) is 2.09. The van der Waals surface area contributed by atoms with Gasteiger partial charge in [0.1, 0.15) is 0 Å². The largest absolute Gasteiger partial charge is 0.872 e. The van der Waals surface area contributed by atoms with E-state index in [1.165, 1.54) is 24.4 Å². The second-order valence-corrected chi connectivity index (χ2v) is 4.58. The monoisotopic (exact) mass is 292 g/mol. The summed E-state index contributed by atoms with van der Waals surface area (Å²) in [4.78, 5) is 18.7. The Balaban J connectivity index is 2.03. The molecule has 0 N–H and O–H groups in total. The van der Waals surface area contributed by atoms with E-state index in [2.05, 4.69) is 9.98 Å². The van der Waals surface area contributed by atoms with Crippen LogP contribution in [0.25, 0.3) is 10.9 Å². The van der Waals surface area contributed by atoms with Gasteiger partial charge in [-0.25, -0.2) is 0 Å². The van der Waals surface area contributed by atoms with Gasteiger partial charge in [-0.1, -0.05) is 17.9 Å². The molecule has 1 heterocycles. The predicted octanol–water partition coefficient (Wildman–Crippen LogP) is 2.97. The van der Waals surface area contributed by atoms with Gasteiger partial charge in [-0.15, -0.1) is 0 Å². The summed E-state index contributed by atoms with van der Waals surface area (Å²) in [5.74, 6) is -0.312. The van der Waals surface area contributed by atoms with Crippen LogP contribution in [0.1, 0.15) is 5.56 Å². The third-order valence-corrected chi connectivity index (χ3v) is 3.17. The summed E-state index contributed by atoms with van der Waals surface area (Å²) in [6.07, 6.45) is 3.03. The molecule has 6 nitrogen and oxygen atoms in total. The number of nitro groups is 1. The Hall–Kier alpha value is -3.28. The lowest BCUT2D eigenvalue weighted by Crippen LogP contribution is -1.98. The minimum Gasteiger partial charge on any atom is -0.872 e. The van der Waals surface area contributed by atoms with Gasteiger partial charge >= 0.3 is 0 Å². The van der Waals surface area contributed by atoms with Gasteiger partial charge in [0.2, 0.25) is 0 Å². The number of nitrogens with zero attached hydrogens (tertiary/aromatic N) is 3. The van der Waals surface area contributed by atoms with E-state index in [9.17, 15) is 15.2 Å². The summed E-state index contributed by atoms with van der Waals surface area (Å²) in [7, 11) is 0. The Bertz CT molecular complexity index is 885. The highest BCUT2D eigenvalue weighted by atomic mass is 16.6. The van der Waals surface area contributed by atoms with E-state index in [1.807, 2.05) is 18.2 Å². The number of aromatic nitrogens is 1. The van der Waals surface area contributed by atoms with Crippen LogP contribution in [0.3, 0.4) is 0 Å². The van der Waals surface area contributed by atoms with Gasteiger partial charge in [-0.2, -0.15) is 0 Å². The summed E-state index contributed by atoms with van der Waals surface area (Å²) in [6, 6.07) is 12.7. The normalized spacial score (nSPS) is 11.1. The lowest BCUT2D eigenvalue weighted by atomic mass is 10.1. The first kappa shape index (κ1) is 13.7. The van der Waals surface area contributed by atoms with Crippen molar-refractivity contribution in [3.05, 3.63) is 70.4 Å². The molecule has 0 saturated heterocycles. The summed E-state index contributed by atoms with van der Waals surface area (Å²) in [5, 5.41) is 23.4. The van der Waals surface area contributed by atoms with Gasteiger partial charge in [0.25, 0.3) is 5.69 Å². The third kappa shape index (κ3) is 2.62. The SMILES string of the molecule is O=[N+]([O-])c1ccc([O-])c(C=Nc2cccc3ncccc23)c1. The molecular weight excluding hydrogens is 282 g/mol. The molecule has 1 aromatic heterocycles. The van der Waals surface area contributed by atoms with Crippen molar-refractivity contribution in [3.63, 3.8) is 0 Å². The number of fused-ring (bicyclic) bond motifs is 1. The van der Waals surface area contributed by atoms with Crippen molar-refractivity contribution in [2.45, 2.75) is 0 Å². The molecule has 0 fully saturated rings. The molecule has 0 radical (unpaired) electrons. The first-order chi connectivity index (χ1) is 10.6. The van der Waals surface area contributed by atoms with Crippen LogP contribution in [-0.2, 0) is 0 Å². The number of hydrogen-bond acceptors (Lipinski definition) is 5. The van der Waals surface area contributed by atoms with Crippen LogP contribution in [0.4, 0.5) is 11.4 Å². The standard InChI is InChI=1S/C16H11N3O3/c20-16-7-6-12(19(21)22)9-11(16)10-18-15-5-1-4-14-13(15)3-2-8-17-14/h1-10,20H/p-1. The molecule has 0 bridgehead atoms. The van der Waals surface area contributed by atoms with Gasteiger partial charge in [-0.3, -0.25) is 20.1 Å². The summed E-state index contributed by atoms with van der Waals surface area (Å²) in [6.45, 7) is 0. The topological polar surface area (TPSA) is 91.5 Å². The number of non-ortho nitro benzene ring substituents is 1. The van der Waals surface area contributed by atoms with E-state index in [1.54, 1.807) is 18.3 Å². The Morgan fingerprint density at radius 1 is 1.14 bits per heavy atom. The molecule has 0 aliphatic heterocycles. The highest BCUT2D eigenvalue weighted by Crippen LogP contribution is 2.25. The Kier molecular flexibility index (Phi) is 3.49. The van der Waals surface area contributed by atoms with E-state index in [-0.39, 0.29) is 17.0 Å². The molecule has 0 aliphatic carbocycles. The van der Waals surface area contributed by atoms with Gasteiger partial charge in [0.15, 0.2) is 0 Å². The molecule has 22 heavy (non-hydrogen) atoms. The Labute approximate surface area is 125 Å². The zero-order chi connectivity index (χ0) is 15.5. The molecule has 3 aromatic rings. The van der Waals surface area contributed by atoms with Crippen LogP contribution in [0.2, 0.25) is 0 Å². The number of pyridine rings is 1. The average Bonchev–Trinajstić information content (AvgIpc) is 2.54. The molecule has 0 amide bonds. The van der Waals surface area contributed by atoms with Crippen molar-refractivity contribution in [1.29, 1.82) is 0 Å². The number of benzene rings is 2. The zero-order valence-electron chi connectivity index (χ0n) is 11.3. The second kappa shape index (κ2) is 5.61. The van der Waals surface area contributed by atoms with Crippen molar-refractivity contribution in [2.75, 3.05) is 0 Å². The maximum atomic E-state index is 11.8.